The monoisotopic (exact) mass is 334 g/mol. The lowest BCUT2D eigenvalue weighted by atomic mass is 10.2. The molecule has 2 aromatic heterocycles. The SMILES string of the molecule is OCCn1cc(CN2CCN(CC(O)Cn3cccn3)CC2)cn1. The zero-order valence-corrected chi connectivity index (χ0v) is 13.9. The average molecular weight is 334 g/mol. The minimum absolute atomic E-state index is 0.112. The van der Waals surface area contributed by atoms with Crippen molar-refractivity contribution >= 4 is 0 Å². The van der Waals surface area contributed by atoms with E-state index in [0.29, 0.717) is 19.6 Å². The summed E-state index contributed by atoms with van der Waals surface area (Å²) in [6, 6.07) is 1.87. The van der Waals surface area contributed by atoms with Crippen LogP contribution < -0.4 is 0 Å². The van der Waals surface area contributed by atoms with Crippen molar-refractivity contribution in [3.8, 4) is 0 Å². The van der Waals surface area contributed by atoms with Gasteiger partial charge < -0.3 is 10.2 Å². The highest BCUT2D eigenvalue weighted by atomic mass is 16.3. The number of hydrogen-bond donors (Lipinski definition) is 2. The molecule has 8 nitrogen and oxygen atoms in total. The van der Waals surface area contributed by atoms with Gasteiger partial charge in [0.25, 0.3) is 0 Å². The number of aliphatic hydroxyl groups is 2. The van der Waals surface area contributed by atoms with Crippen LogP contribution in [-0.4, -0.2) is 85.0 Å². The fourth-order valence-corrected chi connectivity index (χ4v) is 3.08. The van der Waals surface area contributed by atoms with Crippen LogP contribution in [0.4, 0.5) is 0 Å². The van der Waals surface area contributed by atoms with Gasteiger partial charge in [-0.2, -0.15) is 10.2 Å². The summed E-state index contributed by atoms with van der Waals surface area (Å²) in [5, 5.41) is 27.5. The minimum Gasteiger partial charge on any atom is -0.394 e. The van der Waals surface area contributed by atoms with Crippen molar-refractivity contribution in [3.05, 3.63) is 36.4 Å². The smallest absolute Gasteiger partial charge is 0.0862 e. The van der Waals surface area contributed by atoms with Crippen LogP contribution in [0.3, 0.4) is 0 Å². The molecular formula is C16H26N6O2. The number of nitrogens with zero attached hydrogens (tertiary/aromatic N) is 6. The van der Waals surface area contributed by atoms with Crippen LogP contribution in [0.2, 0.25) is 0 Å². The quantitative estimate of drug-likeness (QED) is 0.661. The van der Waals surface area contributed by atoms with Crippen molar-refractivity contribution in [2.75, 3.05) is 39.3 Å². The Morgan fingerprint density at radius 3 is 2.54 bits per heavy atom. The fraction of sp³-hybridized carbons (Fsp3) is 0.625. The van der Waals surface area contributed by atoms with Gasteiger partial charge in [0.05, 0.1) is 32.0 Å². The van der Waals surface area contributed by atoms with Gasteiger partial charge in [-0.1, -0.05) is 0 Å². The molecule has 1 saturated heterocycles. The van der Waals surface area contributed by atoms with Gasteiger partial charge in [0.2, 0.25) is 0 Å². The number of β-amino-alcohol motifs (C(OH)–C–C–N with tert-alkyl or cyclic N) is 1. The lowest BCUT2D eigenvalue weighted by Crippen LogP contribution is -2.48. The molecule has 0 aliphatic carbocycles. The number of piperazine rings is 1. The van der Waals surface area contributed by atoms with Crippen LogP contribution in [0, 0.1) is 0 Å². The van der Waals surface area contributed by atoms with Crippen molar-refractivity contribution in [1.82, 2.24) is 29.4 Å². The van der Waals surface area contributed by atoms with Gasteiger partial charge >= 0.3 is 0 Å². The molecule has 24 heavy (non-hydrogen) atoms. The normalized spacial score (nSPS) is 18.1. The van der Waals surface area contributed by atoms with Gasteiger partial charge in [-0.15, -0.1) is 0 Å². The lowest BCUT2D eigenvalue weighted by Gasteiger charge is -2.35. The largest absolute Gasteiger partial charge is 0.394 e. The van der Waals surface area contributed by atoms with Crippen LogP contribution in [0.15, 0.2) is 30.9 Å². The van der Waals surface area contributed by atoms with E-state index in [1.54, 1.807) is 15.6 Å². The Morgan fingerprint density at radius 1 is 1.04 bits per heavy atom. The van der Waals surface area contributed by atoms with Crippen LogP contribution in [0.5, 0.6) is 0 Å². The van der Waals surface area contributed by atoms with Gasteiger partial charge in [-0.05, 0) is 6.07 Å². The summed E-state index contributed by atoms with van der Waals surface area (Å²) in [5.41, 5.74) is 1.18. The van der Waals surface area contributed by atoms with Gasteiger partial charge in [-0.3, -0.25) is 19.2 Å². The van der Waals surface area contributed by atoms with Gasteiger partial charge in [-0.25, -0.2) is 0 Å². The van der Waals surface area contributed by atoms with E-state index >= 15 is 0 Å². The van der Waals surface area contributed by atoms with E-state index < -0.39 is 6.10 Å². The summed E-state index contributed by atoms with van der Waals surface area (Å²) in [6.45, 7) is 6.65. The lowest BCUT2D eigenvalue weighted by molar-refractivity contribution is 0.0605. The van der Waals surface area contributed by atoms with Crippen LogP contribution in [0.25, 0.3) is 0 Å². The van der Waals surface area contributed by atoms with Crippen molar-refractivity contribution in [2.45, 2.75) is 25.7 Å². The topological polar surface area (TPSA) is 82.6 Å². The second kappa shape index (κ2) is 8.39. The average Bonchev–Trinajstić information content (AvgIpc) is 3.22. The predicted octanol–water partition coefficient (Wildman–Crippen LogP) is -0.749. The first-order chi connectivity index (χ1) is 11.7. The highest BCUT2D eigenvalue weighted by Gasteiger charge is 2.19. The molecule has 2 N–H and O–H groups in total. The van der Waals surface area contributed by atoms with Gasteiger partial charge in [0.15, 0.2) is 0 Å². The molecule has 0 radical (unpaired) electrons. The molecule has 1 unspecified atom stereocenters. The third-order valence-corrected chi connectivity index (χ3v) is 4.31. The van der Waals surface area contributed by atoms with E-state index in [0.717, 1.165) is 32.7 Å². The van der Waals surface area contributed by atoms with Crippen molar-refractivity contribution in [3.63, 3.8) is 0 Å². The maximum atomic E-state index is 10.2. The van der Waals surface area contributed by atoms with E-state index in [9.17, 15) is 5.11 Å². The molecule has 1 atom stereocenters. The fourth-order valence-electron chi connectivity index (χ4n) is 3.08. The molecule has 1 aliphatic heterocycles. The molecule has 0 bridgehead atoms. The summed E-state index contributed by atoms with van der Waals surface area (Å²) in [6.07, 6.45) is 7.08. The molecule has 132 valence electrons. The molecule has 0 aromatic carbocycles. The predicted molar refractivity (Wildman–Crippen MR) is 89.3 cm³/mol. The molecule has 0 spiro atoms. The first-order valence-electron chi connectivity index (χ1n) is 8.45. The maximum Gasteiger partial charge on any atom is 0.0862 e. The van der Waals surface area contributed by atoms with Crippen LogP contribution in [0.1, 0.15) is 5.56 Å². The Hall–Kier alpha value is -1.74. The van der Waals surface area contributed by atoms with Crippen molar-refractivity contribution in [2.24, 2.45) is 0 Å². The van der Waals surface area contributed by atoms with Crippen molar-refractivity contribution in [1.29, 1.82) is 0 Å². The Bertz CT molecular complexity index is 591. The highest BCUT2D eigenvalue weighted by Crippen LogP contribution is 2.09. The summed E-state index contributed by atoms with van der Waals surface area (Å²) < 4.78 is 3.54. The van der Waals surface area contributed by atoms with Crippen LogP contribution >= 0.6 is 0 Å². The van der Waals surface area contributed by atoms with Crippen LogP contribution in [-0.2, 0) is 19.6 Å². The van der Waals surface area contributed by atoms with Gasteiger partial charge in [0, 0.05) is 63.4 Å². The molecule has 1 aliphatic rings. The maximum absolute atomic E-state index is 10.2. The van der Waals surface area contributed by atoms with E-state index in [4.69, 9.17) is 5.11 Å². The number of aliphatic hydroxyl groups excluding tert-OH is 2. The number of hydrogen-bond acceptors (Lipinski definition) is 6. The molecule has 0 saturated carbocycles. The standard InChI is InChI=1S/C16H26N6O2/c23-9-8-22-12-15(10-18-22)11-19-4-6-20(7-5-19)13-16(24)14-21-3-1-2-17-21/h1-3,10,12,16,23-24H,4-9,11,13-14H2. The first-order valence-corrected chi connectivity index (χ1v) is 8.45. The Labute approximate surface area is 141 Å². The molecule has 0 amide bonds. The Balaban J connectivity index is 1.38. The molecule has 3 heterocycles. The third-order valence-electron chi connectivity index (χ3n) is 4.31. The van der Waals surface area contributed by atoms with E-state index in [1.165, 1.54) is 5.56 Å². The summed E-state index contributed by atoms with van der Waals surface area (Å²) in [4.78, 5) is 4.70. The third kappa shape index (κ3) is 4.88. The molecule has 2 aromatic rings. The van der Waals surface area contributed by atoms with Gasteiger partial charge in [0.1, 0.15) is 0 Å². The summed E-state index contributed by atoms with van der Waals surface area (Å²) in [5.74, 6) is 0. The molecule has 1 fully saturated rings. The minimum atomic E-state index is -0.395. The summed E-state index contributed by atoms with van der Waals surface area (Å²) >= 11 is 0. The zero-order valence-electron chi connectivity index (χ0n) is 13.9. The molecule has 3 rings (SSSR count). The Kier molecular flexibility index (Phi) is 5.97. The molecular weight excluding hydrogens is 308 g/mol. The second-order valence-electron chi connectivity index (χ2n) is 6.29. The molecule has 8 heteroatoms. The highest BCUT2D eigenvalue weighted by molar-refractivity contribution is 5.04. The van der Waals surface area contributed by atoms with E-state index in [1.807, 2.05) is 24.7 Å². The number of rotatable bonds is 8. The Morgan fingerprint density at radius 2 is 1.83 bits per heavy atom. The van der Waals surface area contributed by atoms with Crippen molar-refractivity contribution < 1.29 is 10.2 Å². The first kappa shape index (κ1) is 17.1. The second-order valence-corrected chi connectivity index (χ2v) is 6.29. The number of aromatic nitrogens is 4. The van der Waals surface area contributed by atoms with E-state index in [-0.39, 0.29) is 6.61 Å². The summed E-state index contributed by atoms with van der Waals surface area (Å²) in [7, 11) is 0. The zero-order chi connectivity index (χ0) is 16.8. The van der Waals surface area contributed by atoms with E-state index in [2.05, 4.69) is 20.0 Å².